The van der Waals surface area contributed by atoms with Crippen molar-refractivity contribution in [1.29, 1.82) is 0 Å². The summed E-state index contributed by atoms with van der Waals surface area (Å²) in [6.45, 7) is 0. The second kappa shape index (κ2) is 9.46. The van der Waals surface area contributed by atoms with Crippen LogP contribution in [0.4, 0.5) is 5.69 Å². The molecule has 0 aliphatic heterocycles. The van der Waals surface area contributed by atoms with Crippen LogP contribution in [0.15, 0.2) is 115 Å². The molecule has 4 aromatic rings. The number of anilines is 1. The van der Waals surface area contributed by atoms with Gasteiger partial charge in [-0.3, -0.25) is 9.59 Å². The average Bonchev–Trinajstić information content (AvgIpc) is 3.54. The summed E-state index contributed by atoms with van der Waals surface area (Å²) in [6.07, 6.45) is 6.44. The molecule has 1 aromatic heterocycles. The maximum atomic E-state index is 13.5. The van der Waals surface area contributed by atoms with Crippen molar-refractivity contribution in [1.82, 2.24) is 10.3 Å². The number of para-hydroxylation sites is 1. The van der Waals surface area contributed by atoms with E-state index in [1.54, 1.807) is 0 Å². The SMILES string of the molecule is O=C(NC1=CC=CC1)c1[nH]c(C(=O)Nc2ccccc2)c(-c2ccccc2)c1-c1ccccc1. The highest BCUT2D eigenvalue weighted by molar-refractivity contribution is 6.14. The van der Waals surface area contributed by atoms with Gasteiger partial charge >= 0.3 is 0 Å². The third-order valence-electron chi connectivity index (χ3n) is 5.66. The predicted octanol–water partition coefficient (Wildman–Crippen LogP) is 6.17. The minimum absolute atomic E-state index is 0.287. The van der Waals surface area contributed by atoms with Gasteiger partial charge in [0.15, 0.2) is 0 Å². The van der Waals surface area contributed by atoms with E-state index in [9.17, 15) is 9.59 Å². The van der Waals surface area contributed by atoms with Gasteiger partial charge < -0.3 is 15.6 Å². The van der Waals surface area contributed by atoms with Crippen molar-refractivity contribution in [2.75, 3.05) is 5.32 Å². The Kier molecular flexibility index (Phi) is 5.91. The van der Waals surface area contributed by atoms with Crippen LogP contribution in [0.3, 0.4) is 0 Å². The van der Waals surface area contributed by atoms with Crippen LogP contribution in [0.2, 0.25) is 0 Å². The fourth-order valence-electron chi connectivity index (χ4n) is 4.09. The van der Waals surface area contributed by atoms with E-state index in [2.05, 4.69) is 15.6 Å². The maximum Gasteiger partial charge on any atom is 0.272 e. The first-order chi connectivity index (χ1) is 16.7. The lowest BCUT2D eigenvalue weighted by atomic mass is 9.94. The van der Waals surface area contributed by atoms with Crippen LogP contribution < -0.4 is 10.6 Å². The van der Waals surface area contributed by atoms with Crippen molar-refractivity contribution in [3.63, 3.8) is 0 Å². The van der Waals surface area contributed by atoms with Gasteiger partial charge in [0, 0.05) is 28.9 Å². The van der Waals surface area contributed by atoms with Crippen molar-refractivity contribution in [3.8, 4) is 22.3 Å². The summed E-state index contributed by atoms with van der Waals surface area (Å²) in [6, 6.07) is 28.6. The Balaban J connectivity index is 1.68. The normalized spacial score (nSPS) is 12.3. The summed E-state index contributed by atoms with van der Waals surface area (Å²) < 4.78 is 0. The number of hydrogen-bond donors (Lipinski definition) is 3. The lowest BCUT2D eigenvalue weighted by Crippen LogP contribution is -2.23. The molecule has 3 aromatic carbocycles. The van der Waals surface area contributed by atoms with Gasteiger partial charge in [-0.2, -0.15) is 0 Å². The van der Waals surface area contributed by atoms with Crippen molar-refractivity contribution >= 4 is 17.5 Å². The molecule has 5 heteroatoms. The highest BCUT2D eigenvalue weighted by atomic mass is 16.2. The van der Waals surface area contributed by atoms with Crippen LogP contribution in [-0.4, -0.2) is 16.8 Å². The molecule has 0 unspecified atom stereocenters. The Labute approximate surface area is 197 Å². The lowest BCUT2D eigenvalue weighted by molar-refractivity contribution is 0.0961. The van der Waals surface area contributed by atoms with Gasteiger partial charge in [-0.25, -0.2) is 0 Å². The molecule has 0 saturated heterocycles. The molecule has 0 bridgehead atoms. The van der Waals surface area contributed by atoms with Crippen LogP contribution in [0.25, 0.3) is 22.3 Å². The van der Waals surface area contributed by atoms with Crippen LogP contribution in [0.5, 0.6) is 0 Å². The third kappa shape index (κ3) is 4.32. The quantitative estimate of drug-likeness (QED) is 0.332. The summed E-state index contributed by atoms with van der Waals surface area (Å²) in [5.74, 6) is -0.604. The van der Waals surface area contributed by atoms with E-state index in [0.29, 0.717) is 34.6 Å². The topological polar surface area (TPSA) is 74.0 Å². The second-order valence-corrected chi connectivity index (χ2v) is 7.96. The Morgan fingerprint density at radius 1 is 0.647 bits per heavy atom. The minimum Gasteiger partial charge on any atom is -0.345 e. The third-order valence-corrected chi connectivity index (χ3v) is 5.66. The lowest BCUT2D eigenvalue weighted by Gasteiger charge is -2.10. The zero-order chi connectivity index (χ0) is 23.3. The van der Waals surface area contributed by atoms with Gasteiger partial charge in [-0.05, 0) is 29.3 Å². The van der Waals surface area contributed by atoms with Crippen LogP contribution in [0, 0.1) is 0 Å². The zero-order valence-electron chi connectivity index (χ0n) is 18.4. The van der Waals surface area contributed by atoms with E-state index in [4.69, 9.17) is 0 Å². The molecule has 0 spiro atoms. The van der Waals surface area contributed by atoms with Crippen LogP contribution in [-0.2, 0) is 0 Å². The molecule has 0 saturated carbocycles. The van der Waals surface area contributed by atoms with E-state index in [-0.39, 0.29) is 11.8 Å². The average molecular weight is 446 g/mol. The molecule has 3 N–H and O–H groups in total. The molecule has 0 radical (unpaired) electrons. The maximum absolute atomic E-state index is 13.5. The number of allylic oxidation sites excluding steroid dienone is 3. The zero-order valence-corrected chi connectivity index (χ0v) is 18.4. The summed E-state index contributed by atoms with van der Waals surface area (Å²) in [5.41, 5.74) is 5.23. The van der Waals surface area contributed by atoms with Crippen molar-refractivity contribution < 1.29 is 9.59 Å². The van der Waals surface area contributed by atoms with E-state index in [1.807, 2.05) is 109 Å². The Morgan fingerprint density at radius 2 is 1.15 bits per heavy atom. The minimum atomic E-state index is -0.317. The predicted molar refractivity (Wildman–Crippen MR) is 135 cm³/mol. The van der Waals surface area contributed by atoms with Gasteiger partial charge in [-0.1, -0.05) is 91.0 Å². The van der Waals surface area contributed by atoms with E-state index < -0.39 is 0 Å². The van der Waals surface area contributed by atoms with E-state index in [1.165, 1.54) is 0 Å². The van der Waals surface area contributed by atoms with Crippen LogP contribution >= 0.6 is 0 Å². The number of carbonyl (C=O) groups is 2. The van der Waals surface area contributed by atoms with E-state index >= 15 is 0 Å². The second-order valence-electron chi connectivity index (χ2n) is 7.96. The molecule has 34 heavy (non-hydrogen) atoms. The molecule has 2 amide bonds. The Bertz CT molecular complexity index is 1390. The summed E-state index contributed by atoms with van der Waals surface area (Å²) in [4.78, 5) is 30.1. The fraction of sp³-hybridized carbons (Fsp3) is 0.0345. The number of H-pyrrole nitrogens is 1. The van der Waals surface area contributed by atoms with Crippen molar-refractivity contribution in [3.05, 3.63) is 126 Å². The van der Waals surface area contributed by atoms with Gasteiger partial charge in [0.1, 0.15) is 11.4 Å². The smallest absolute Gasteiger partial charge is 0.272 e. The van der Waals surface area contributed by atoms with Gasteiger partial charge in [0.25, 0.3) is 11.8 Å². The number of hydrogen-bond acceptors (Lipinski definition) is 2. The fourth-order valence-corrected chi connectivity index (χ4v) is 4.09. The summed E-state index contributed by atoms with van der Waals surface area (Å²) in [5, 5.41) is 5.93. The summed E-state index contributed by atoms with van der Waals surface area (Å²) in [7, 11) is 0. The molecule has 1 heterocycles. The van der Waals surface area contributed by atoms with Gasteiger partial charge in [-0.15, -0.1) is 0 Å². The number of rotatable bonds is 6. The number of aromatic amines is 1. The van der Waals surface area contributed by atoms with E-state index in [0.717, 1.165) is 16.8 Å². The molecule has 0 fully saturated rings. The number of nitrogens with one attached hydrogen (secondary N) is 3. The van der Waals surface area contributed by atoms with Gasteiger partial charge in [0.05, 0.1) is 0 Å². The number of carbonyl (C=O) groups excluding carboxylic acids is 2. The number of aromatic nitrogens is 1. The number of amides is 2. The summed E-state index contributed by atoms with van der Waals surface area (Å²) >= 11 is 0. The Hall–Kier alpha value is -4.64. The molecule has 5 nitrogen and oxygen atoms in total. The number of benzene rings is 3. The molecule has 0 atom stereocenters. The van der Waals surface area contributed by atoms with Gasteiger partial charge in [0.2, 0.25) is 0 Å². The standard InChI is InChI=1S/C29H23N3O2/c33-28(30-22-16-8-3-9-17-22)26-24(20-12-4-1-5-13-20)25(21-14-6-2-7-15-21)27(32-26)29(34)31-23-18-10-11-19-23/h1-18,32H,19H2,(H,30,33)(H,31,34). The molecular formula is C29H23N3O2. The first-order valence-electron chi connectivity index (χ1n) is 11.1. The molecule has 5 rings (SSSR count). The first kappa shape index (κ1) is 21.2. The van der Waals surface area contributed by atoms with Crippen molar-refractivity contribution in [2.45, 2.75) is 6.42 Å². The molecule has 1 aliphatic carbocycles. The molecule has 166 valence electrons. The monoisotopic (exact) mass is 445 g/mol. The Morgan fingerprint density at radius 3 is 1.65 bits per heavy atom. The van der Waals surface area contributed by atoms with Crippen molar-refractivity contribution in [2.24, 2.45) is 0 Å². The first-order valence-corrected chi connectivity index (χ1v) is 11.1. The molecular weight excluding hydrogens is 422 g/mol. The molecule has 1 aliphatic rings. The van der Waals surface area contributed by atoms with Crippen LogP contribution in [0.1, 0.15) is 27.4 Å². The highest BCUT2D eigenvalue weighted by Crippen LogP contribution is 2.38. The largest absolute Gasteiger partial charge is 0.345 e. The highest BCUT2D eigenvalue weighted by Gasteiger charge is 2.28.